The van der Waals surface area contributed by atoms with Gasteiger partial charge in [0.25, 0.3) is 0 Å². The summed E-state index contributed by atoms with van der Waals surface area (Å²) in [4.78, 5) is 38.9. The zero-order valence-electron chi connectivity index (χ0n) is 26.8. The van der Waals surface area contributed by atoms with Gasteiger partial charge in [0.15, 0.2) is 17.3 Å². The van der Waals surface area contributed by atoms with Crippen LogP contribution in [0.1, 0.15) is 67.7 Å². The third-order valence-corrected chi connectivity index (χ3v) is 9.84. The molecular weight excluding hydrogens is 604 g/mol. The minimum Gasteiger partial charge on any atom is -0.493 e. The molecule has 2 heterocycles. The molecule has 0 unspecified atom stereocenters. The quantitative estimate of drug-likeness (QED) is 0.297. The summed E-state index contributed by atoms with van der Waals surface area (Å²) in [7, 11) is 5.33. The van der Waals surface area contributed by atoms with Crippen molar-refractivity contribution in [3.63, 3.8) is 0 Å². The van der Waals surface area contributed by atoms with Crippen molar-refractivity contribution in [3.05, 3.63) is 70.5 Å². The van der Waals surface area contributed by atoms with Crippen molar-refractivity contribution < 1.29 is 19.1 Å². The van der Waals surface area contributed by atoms with E-state index in [-0.39, 0.29) is 24.3 Å². The van der Waals surface area contributed by atoms with E-state index < -0.39 is 6.04 Å². The maximum Gasteiger partial charge on any atom is 0.233 e. The minimum atomic E-state index is -0.437. The number of amides is 2. The molecule has 2 N–H and O–H groups in total. The SMILES string of the molecule is CNC(=O)CNC1CCC(CN(C)c2cnc(N3C(=O)Cc4cc(OC)c(OC5CCC5)cc4[C@@H]3c3ccc(Cl)cc3)cn2)CC1. The zero-order valence-corrected chi connectivity index (χ0v) is 27.6. The third kappa shape index (κ3) is 7.08. The highest BCUT2D eigenvalue weighted by atomic mass is 35.5. The zero-order chi connectivity index (χ0) is 32.2. The van der Waals surface area contributed by atoms with Crippen molar-refractivity contribution in [2.45, 2.75) is 69.6 Å². The van der Waals surface area contributed by atoms with E-state index in [0.29, 0.717) is 40.8 Å². The highest BCUT2D eigenvalue weighted by Gasteiger charge is 2.37. The predicted molar refractivity (Wildman–Crippen MR) is 179 cm³/mol. The average molecular weight is 647 g/mol. The Balaban J connectivity index is 1.21. The van der Waals surface area contributed by atoms with Crippen molar-refractivity contribution in [2.24, 2.45) is 5.92 Å². The molecule has 1 aromatic heterocycles. The number of nitrogens with one attached hydrogen (secondary N) is 2. The monoisotopic (exact) mass is 646 g/mol. The molecule has 0 saturated heterocycles. The van der Waals surface area contributed by atoms with Gasteiger partial charge in [-0.3, -0.25) is 14.5 Å². The standard InChI is InChI=1S/C35H43ClN6O4/c1-37-33(43)20-38-26-13-7-22(8-14-26)21-41(2)31-18-40-32(19-39-31)42-34(44)16-24-15-29(45-3)30(46-27-5-4-6-27)17-28(24)35(42)23-9-11-25(36)12-10-23/h9-12,15,17-19,22,26-27,35,38H,4-8,13-14,16,20-21H2,1-3H3,(H,37,43)/t22?,26?,35-/m0/s1. The number of aromatic nitrogens is 2. The van der Waals surface area contributed by atoms with Gasteiger partial charge >= 0.3 is 0 Å². The lowest BCUT2D eigenvalue weighted by molar-refractivity contribution is -0.120. The molecule has 3 aliphatic rings. The molecule has 0 spiro atoms. The van der Waals surface area contributed by atoms with Crippen LogP contribution in [-0.2, 0) is 16.0 Å². The molecule has 2 saturated carbocycles. The van der Waals surface area contributed by atoms with Gasteiger partial charge in [-0.2, -0.15) is 0 Å². The number of halogens is 1. The van der Waals surface area contributed by atoms with Crippen molar-refractivity contribution in [3.8, 4) is 11.5 Å². The van der Waals surface area contributed by atoms with Crippen LogP contribution in [0.4, 0.5) is 11.6 Å². The number of nitrogens with zero attached hydrogens (tertiary/aromatic N) is 4. The Hall–Kier alpha value is -3.89. The number of ether oxygens (including phenoxy) is 2. The van der Waals surface area contributed by atoms with Gasteiger partial charge in [-0.25, -0.2) is 9.97 Å². The van der Waals surface area contributed by atoms with Crippen LogP contribution in [0.5, 0.6) is 11.5 Å². The van der Waals surface area contributed by atoms with E-state index >= 15 is 0 Å². The molecule has 1 atom stereocenters. The summed E-state index contributed by atoms with van der Waals surface area (Å²) in [5, 5.41) is 6.65. The summed E-state index contributed by atoms with van der Waals surface area (Å²) in [6.07, 6.45) is 11.3. The van der Waals surface area contributed by atoms with Gasteiger partial charge in [-0.15, -0.1) is 0 Å². The Morgan fingerprint density at radius 2 is 1.80 bits per heavy atom. The van der Waals surface area contributed by atoms with Crippen molar-refractivity contribution in [1.82, 2.24) is 20.6 Å². The smallest absolute Gasteiger partial charge is 0.233 e. The number of methoxy groups -OCH3 is 1. The van der Waals surface area contributed by atoms with E-state index in [4.69, 9.17) is 31.0 Å². The van der Waals surface area contributed by atoms with Crippen LogP contribution in [0, 0.1) is 5.92 Å². The molecule has 3 aromatic rings. The predicted octanol–water partition coefficient (Wildman–Crippen LogP) is 5.08. The van der Waals surface area contributed by atoms with Gasteiger partial charge < -0.3 is 25.0 Å². The first-order valence-corrected chi connectivity index (χ1v) is 16.6. The average Bonchev–Trinajstić information content (AvgIpc) is 3.05. The second-order valence-electron chi connectivity index (χ2n) is 12.7. The molecule has 244 valence electrons. The van der Waals surface area contributed by atoms with Gasteiger partial charge in [0.2, 0.25) is 11.8 Å². The molecule has 2 amide bonds. The molecule has 0 bridgehead atoms. The summed E-state index contributed by atoms with van der Waals surface area (Å²) < 4.78 is 12.0. The number of hydrogen-bond donors (Lipinski definition) is 2. The van der Waals surface area contributed by atoms with Crippen LogP contribution in [0.25, 0.3) is 0 Å². The Morgan fingerprint density at radius 1 is 1.04 bits per heavy atom. The van der Waals surface area contributed by atoms with E-state index in [1.165, 1.54) is 0 Å². The number of likely N-dealkylation sites (N-methyl/N-ethyl adjacent to an activating group) is 1. The highest BCUT2D eigenvalue weighted by molar-refractivity contribution is 6.30. The van der Waals surface area contributed by atoms with Crippen LogP contribution in [0.15, 0.2) is 48.8 Å². The molecular formula is C35H43ClN6O4. The van der Waals surface area contributed by atoms with Crippen LogP contribution >= 0.6 is 11.6 Å². The molecule has 11 heteroatoms. The second kappa shape index (κ2) is 14.3. The summed E-state index contributed by atoms with van der Waals surface area (Å²) in [5.41, 5.74) is 2.80. The van der Waals surface area contributed by atoms with E-state index in [0.717, 1.165) is 74.0 Å². The van der Waals surface area contributed by atoms with Gasteiger partial charge in [0, 0.05) is 31.7 Å². The minimum absolute atomic E-state index is 0.0155. The largest absolute Gasteiger partial charge is 0.493 e. The molecule has 2 fully saturated rings. The number of carbonyl (C=O) groups excluding carboxylic acids is 2. The Bertz CT molecular complexity index is 1520. The summed E-state index contributed by atoms with van der Waals surface area (Å²) in [6, 6.07) is 11.5. The Morgan fingerprint density at radius 3 is 2.43 bits per heavy atom. The van der Waals surface area contributed by atoms with Gasteiger partial charge in [0.05, 0.1) is 44.6 Å². The normalized spacial score (nSPS) is 21.3. The van der Waals surface area contributed by atoms with E-state index in [9.17, 15) is 9.59 Å². The lowest BCUT2D eigenvalue weighted by Gasteiger charge is -2.37. The summed E-state index contributed by atoms with van der Waals surface area (Å²) in [6.45, 7) is 1.23. The van der Waals surface area contributed by atoms with Crippen LogP contribution in [0.2, 0.25) is 5.02 Å². The first-order valence-electron chi connectivity index (χ1n) is 16.2. The molecule has 2 aromatic carbocycles. The molecule has 10 nitrogen and oxygen atoms in total. The molecule has 0 radical (unpaired) electrons. The topological polar surface area (TPSA) is 109 Å². The fourth-order valence-electron chi connectivity index (χ4n) is 6.70. The fraction of sp³-hybridized carbons (Fsp3) is 0.486. The molecule has 46 heavy (non-hydrogen) atoms. The maximum atomic E-state index is 13.9. The van der Waals surface area contributed by atoms with Crippen molar-refractivity contribution in [1.29, 1.82) is 0 Å². The third-order valence-electron chi connectivity index (χ3n) is 9.59. The second-order valence-corrected chi connectivity index (χ2v) is 13.1. The molecule has 2 aliphatic carbocycles. The van der Waals surface area contributed by atoms with Crippen molar-refractivity contribution in [2.75, 3.05) is 44.1 Å². The summed E-state index contributed by atoms with van der Waals surface area (Å²) >= 11 is 6.27. The van der Waals surface area contributed by atoms with Crippen molar-refractivity contribution >= 4 is 35.1 Å². The van der Waals surface area contributed by atoms with E-state index in [2.05, 4.69) is 15.5 Å². The number of hydrogen-bond acceptors (Lipinski definition) is 8. The lowest BCUT2D eigenvalue weighted by atomic mass is 9.85. The number of anilines is 2. The van der Waals surface area contributed by atoms with Gasteiger partial charge in [0.1, 0.15) is 5.82 Å². The molecule has 6 rings (SSSR count). The van der Waals surface area contributed by atoms with Crippen LogP contribution < -0.4 is 29.9 Å². The van der Waals surface area contributed by atoms with Crippen LogP contribution in [0.3, 0.4) is 0 Å². The fourth-order valence-corrected chi connectivity index (χ4v) is 6.83. The van der Waals surface area contributed by atoms with Crippen LogP contribution in [-0.4, -0.2) is 68.2 Å². The number of benzene rings is 2. The molecule has 1 aliphatic heterocycles. The van der Waals surface area contributed by atoms with Gasteiger partial charge in [-0.05, 0) is 91.8 Å². The first kappa shape index (κ1) is 32.1. The van der Waals surface area contributed by atoms with Gasteiger partial charge in [-0.1, -0.05) is 23.7 Å². The Labute approximate surface area is 275 Å². The number of carbonyl (C=O) groups is 2. The number of rotatable bonds is 11. The Kier molecular flexibility index (Phi) is 9.94. The first-order chi connectivity index (χ1) is 22.3. The summed E-state index contributed by atoms with van der Waals surface area (Å²) in [5.74, 6) is 3.07. The highest BCUT2D eigenvalue weighted by Crippen LogP contribution is 2.44. The van der Waals surface area contributed by atoms with E-state index in [1.807, 2.05) is 43.4 Å². The number of fused-ring (bicyclic) bond motifs is 1. The lowest BCUT2D eigenvalue weighted by Crippen LogP contribution is -2.42. The van der Waals surface area contributed by atoms with E-state index in [1.54, 1.807) is 31.5 Å². The maximum absolute atomic E-state index is 13.9.